The number of hydrogen-bond acceptors (Lipinski definition) is 3. The summed E-state index contributed by atoms with van der Waals surface area (Å²) in [6.45, 7) is 6.84. The second-order valence-corrected chi connectivity index (χ2v) is 8.61. The summed E-state index contributed by atoms with van der Waals surface area (Å²) in [5, 5.41) is 0. The van der Waals surface area contributed by atoms with Crippen molar-refractivity contribution in [3.63, 3.8) is 0 Å². The van der Waals surface area contributed by atoms with Crippen LogP contribution >= 0.6 is 0 Å². The zero-order chi connectivity index (χ0) is 16.7. The van der Waals surface area contributed by atoms with Crippen molar-refractivity contribution in [3.05, 3.63) is 41.5 Å². The van der Waals surface area contributed by atoms with Crippen LogP contribution in [0.25, 0.3) is 0 Å². The highest BCUT2D eigenvalue weighted by Crippen LogP contribution is 2.65. The predicted molar refractivity (Wildman–Crippen MR) is 99.2 cm³/mol. The molecule has 1 aromatic rings. The maximum Gasteiger partial charge on any atom is 0.103 e. The molecule has 128 valence electrons. The van der Waals surface area contributed by atoms with Gasteiger partial charge in [0.25, 0.3) is 0 Å². The van der Waals surface area contributed by atoms with Gasteiger partial charge in [0.1, 0.15) is 5.66 Å². The Morgan fingerprint density at radius 3 is 2.92 bits per heavy atom. The van der Waals surface area contributed by atoms with Crippen LogP contribution in [0.4, 0.5) is 5.69 Å². The van der Waals surface area contributed by atoms with Crippen LogP contribution in [0.15, 0.2) is 30.4 Å². The molecule has 3 aliphatic heterocycles. The molecule has 2 fully saturated rings. The fourth-order valence-electron chi connectivity index (χ4n) is 6.30. The van der Waals surface area contributed by atoms with E-state index in [0.717, 1.165) is 19.0 Å². The number of aryl methyl sites for hydroxylation is 1. The summed E-state index contributed by atoms with van der Waals surface area (Å²) in [4.78, 5) is 5.11. The first-order valence-corrected chi connectivity index (χ1v) is 9.53. The minimum atomic E-state index is -0.243. The van der Waals surface area contributed by atoms with E-state index in [9.17, 15) is 0 Å². The van der Waals surface area contributed by atoms with Crippen LogP contribution < -0.4 is 10.6 Å². The second-order valence-electron chi connectivity index (χ2n) is 8.61. The maximum atomic E-state index is 7.42. The van der Waals surface area contributed by atoms with Gasteiger partial charge < -0.3 is 10.6 Å². The summed E-state index contributed by atoms with van der Waals surface area (Å²) in [5.41, 5.74) is 11.5. The number of fused-ring (bicyclic) bond motifs is 4. The average Bonchev–Trinajstić information content (AvgIpc) is 3.24. The highest BCUT2D eigenvalue weighted by atomic mass is 15.4. The molecule has 3 heteroatoms. The summed E-state index contributed by atoms with van der Waals surface area (Å²) in [6.07, 6.45) is 8.46. The first-order chi connectivity index (χ1) is 11.5. The first-order valence-electron chi connectivity index (χ1n) is 9.53. The molecule has 3 nitrogen and oxygen atoms in total. The number of anilines is 1. The van der Waals surface area contributed by atoms with E-state index in [1.807, 2.05) is 0 Å². The van der Waals surface area contributed by atoms with Crippen molar-refractivity contribution in [1.82, 2.24) is 4.90 Å². The third-order valence-electron chi connectivity index (χ3n) is 7.75. The Kier molecular flexibility index (Phi) is 2.90. The minimum absolute atomic E-state index is 0.0649. The SMILES string of the molecule is Cc1ccc2c(c1)N(C)C1(N)C3CC3C/C=C\CN3CCC21C3C. The van der Waals surface area contributed by atoms with Gasteiger partial charge in [-0.15, -0.1) is 0 Å². The van der Waals surface area contributed by atoms with E-state index in [1.165, 1.54) is 36.1 Å². The molecule has 3 heterocycles. The third kappa shape index (κ3) is 1.56. The topological polar surface area (TPSA) is 32.5 Å². The summed E-state index contributed by atoms with van der Waals surface area (Å²) in [5.74, 6) is 1.38. The predicted octanol–water partition coefficient (Wildman–Crippen LogP) is 3.03. The van der Waals surface area contributed by atoms with Crippen molar-refractivity contribution in [2.75, 3.05) is 25.0 Å². The van der Waals surface area contributed by atoms with E-state index in [0.29, 0.717) is 12.0 Å². The molecule has 5 rings (SSSR count). The van der Waals surface area contributed by atoms with Gasteiger partial charge in [0.2, 0.25) is 0 Å². The summed E-state index contributed by atoms with van der Waals surface area (Å²) in [7, 11) is 2.25. The molecule has 0 amide bonds. The molecule has 1 saturated carbocycles. The monoisotopic (exact) mass is 323 g/mol. The number of nitrogens with zero attached hydrogens (tertiary/aromatic N) is 2. The average molecular weight is 323 g/mol. The smallest absolute Gasteiger partial charge is 0.103 e. The summed E-state index contributed by atoms with van der Waals surface area (Å²) < 4.78 is 0. The molecule has 0 radical (unpaired) electrons. The lowest BCUT2D eigenvalue weighted by Gasteiger charge is -2.49. The van der Waals surface area contributed by atoms with Crippen LogP contribution in [0.5, 0.6) is 0 Å². The fourth-order valence-corrected chi connectivity index (χ4v) is 6.30. The van der Waals surface area contributed by atoms with E-state index < -0.39 is 0 Å². The molecule has 6 unspecified atom stereocenters. The lowest BCUT2D eigenvalue weighted by molar-refractivity contribution is 0.141. The Balaban J connectivity index is 1.76. The van der Waals surface area contributed by atoms with Gasteiger partial charge in [0.05, 0.1) is 5.41 Å². The molecule has 1 aromatic carbocycles. The molecule has 1 saturated heterocycles. The number of rotatable bonds is 0. The number of likely N-dealkylation sites (N-methyl/N-ethyl adjacent to an activating group) is 1. The largest absolute Gasteiger partial charge is 0.355 e. The molecule has 24 heavy (non-hydrogen) atoms. The molecule has 0 aromatic heterocycles. The molecular formula is C21H29N3. The molecule has 6 atom stereocenters. The van der Waals surface area contributed by atoms with Gasteiger partial charge in [-0.1, -0.05) is 24.3 Å². The fraction of sp³-hybridized carbons (Fsp3) is 0.619. The van der Waals surface area contributed by atoms with Crippen molar-refractivity contribution in [1.29, 1.82) is 0 Å². The maximum absolute atomic E-state index is 7.42. The van der Waals surface area contributed by atoms with Crippen LogP contribution in [-0.2, 0) is 5.41 Å². The standard InChI is InChI=1S/C21H29N3/c1-14-7-8-17-19(12-14)23(3)21(22)18-13-16(18)6-4-5-10-24-11-9-20(17,21)15(24)2/h4-5,7-8,12,15-16,18H,6,9-11,13,22H2,1-3H3/b5-4-. The van der Waals surface area contributed by atoms with Crippen molar-refractivity contribution in [3.8, 4) is 0 Å². The van der Waals surface area contributed by atoms with Crippen LogP contribution in [-0.4, -0.2) is 36.7 Å². The Hall–Kier alpha value is -1.32. The zero-order valence-corrected chi connectivity index (χ0v) is 15.1. The lowest BCUT2D eigenvalue weighted by Crippen LogP contribution is -2.68. The molecule has 1 spiro atoms. The van der Waals surface area contributed by atoms with E-state index in [1.54, 1.807) is 0 Å². The quantitative estimate of drug-likeness (QED) is 0.745. The molecule has 4 aliphatic rings. The number of benzene rings is 1. The highest BCUT2D eigenvalue weighted by molar-refractivity contribution is 5.69. The van der Waals surface area contributed by atoms with Crippen molar-refractivity contribution >= 4 is 5.69 Å². The van der Waals surface area contributed by atoms with Gasteiger partial charge in [0.15, 0.2) is 0 Å². The van der Waals surface area contributed by atoms with Gasteiger partial charge in [-0.05, 0) is 68.7 Å². The van der Waals surface area contributed by atoms with Crippen LogP contribution in [0.2, 0.25) is 0 Å². The van der Waals surface area contributed by atoms with Crippen molar-refractivity contribution in [2.45, 2.75) is 50.2 Å². The summed E-state index contributed by atoms with van der Waals surface area (Å²) in [6, 6.07) is 7.51. The number of allylic oxidation sites excluding steroid dienone is 1. The number of hydrogen-bond donors (Lipinski definition) is 1. The lowest BCUT2D eigenvalue weighted by atomic mass is 9.65. The normalized spacial score (nSPS) is 46.9. The Morgan fingerprint density at radius 2 is 2.08 bits per heavy atom. The van der Waals surface area contributed by atoms with Gasteiger partial charge in [-0.25, -0.2) is 0 Å². The second kappa shape index (κ2) is 4.64. The highest BCUT2D eigenvalue weighted by Gasteiger charge is 2.70. The number of nitrogens with two attached hydrogens (primary N) is 1. The van der Waals surface area contributed by atoms with Gasteiger partial charge in [0, 0.05) is 25.3 Å². The third-order valence-corrected chi connectivity index (χ3v) is 7.75. The molecule has 1 aliphatic carbocycles. The van der Waals surface area contributed by atoms with Gasteiger partial charge >= 0.3 is 0 Å². The van der Waals surface area contributed by atoms with Crippen molar-refractivity contribution in [2.24, 2.45) is 17.6 Å². The molecule has 2 N–H and O–H groups in total. The van der Waals surface area contributed by atoms with Gasteiger partial charge in [-0.3, -0.25) is 4.90 Å². The summed E-state index contributed by atoms with van der Waals surface area (Å²) >= 11 is 0. The Labute approximate surface area is 145 Å². The first kappa shape index (κ1) is 15.0. The van der Waals surface area contributed by atoms with E-state index in [4.69, 9.17) is 5.73 Å². The van der Waals surface area contributed by atoms with Crippen LogP contribution in [0.3, 0.4) is 0 Å². The Morgan fingerprint density at radius 1 is 1.25 bits per heavy atom. The zero-order valence-electron chi connectivity index (χ0n) is 15.1. The van der Waals surface area contributed by atoms with E-state index >= 15 is 0 Å². The van der Waals surface area contributed by atoms with Crippen LogP contribution in [0, 0.1) is 18.8 Å². The van der Waals surface area contributed by atoms with E-state index in [2.05, 4.69) is 61.0 Å². The van der Waals surface area contributed by atoms with E-state index in [-0.39, 0.29) is 11.1 Å². The van der Waals surface area contributed by atoms with Gasteiger partial charge in [-0.2, -0.15) is 0 Å². The minimum Gasteiger partial charge on any atom is -0.355 e. The Bertz CT molecular complexity index is 726. The molecular weight excluding hydrogens is 294 g/mol. The molecule has 2 bridgehead atoms. The van der Waals surface area contributed by atoms with Crippen molar-refractivity contribution < 1.29 is 0 Å². The van der Waals surface area contributed by atoms with Crippen LogP contribution in [0.1, 0.15) is 37.3 Å².